The van der Waals surface area contributed by atoms with Gasteiger partial charge in [0.1, 0.15) is 10.7 Å². The van der Waals surface area contributed by atoms with Gasteiger partial charge in [-0.25, -0.2) is 0 Å². The molecule has 0 unspecified atom stereocenters. The molecule has 0 fully saturated rings. The maximum absolute atomic E-state index is 11.9. The summed E-state index contributed by atoms with van der Waals surface area (Å²) in [5.74, 6) is 0.303. The highest BCUT2D eigenvalue weighted by Crippen LogP contribution is 2.27. The van der Waals surface area contributed by atoms with Gasteiger partial charge in [0.05, 0.1) is 17.2 Å². The van der Waals surface area contributed by atoms with Crippen LogP contribution in [0.5, 0.6) is 5.75 Å². The van der Waals surface area contributed by atoms with Gasteiger partial charge in [0.2, 0.25) is 0 Å². The molecular weight excluding hydrogens is 287 g/mol. The van der Waals surface area contributed by atoms with Gasteiger partial charge in [-0.2, -0.15) is 13.2 Å². The lowest BCUT2D eigenvalue weighted by atomic mass is 10.2. The number of thiocarbonyl (C=S) groups is 1. The summed E-state index contributed by atoms with van der Waals surface area (Å²) in [4.78, 5) is 0.0476. The van der Waals surface area contributed by atoms with E-state index in [2.05, 4.69) is 0 Å². The van der Waals surface area contributed by atoms with Crippen LogP contribution in [0.15, 0.2) is 18.2 Å². The van der Waals surface area contributed by atoms with Crippen LogP contribution in [0.3, 0.4) is 0 Å². The van der Waals surface area contributed by atoms with E-state index in [9.17, 15) is 13.2 Å². The molecule has 18 heavy (non-hydrogen) atoms. The average Bonchev–Trinajstić information content (AvgIpc) is 2.22. The minimum Gasteiger partial charge on any atom is -0.493 e. The molecule has 1 rings (SSSR count). The van der Waals surface area contributed by atoms with Gasteiger partial charge in [-0.3, -0.25) is 0 Å². The second-order valence-electron chi connectivity index (χ2n) is 3.54. The zero-order chi connectivity index (χ0) is 13.8. The molecule has 0 aliphatic carbocycles. The third-order valence-electron chi connectivity index (χ3n) is 2.08. The van der Waals surface area contributed by atoms with E-state index in [1.807, 2.05) is 0 Å². The van der Waals surface area contributed by atoms with Crippen molar-refractivity contribution in [1.82, 2.24) is 0 Å². The first-order valence-corrected chi connectivity index (χ1v) is 5.88. The number of ether oxygens (including phenoxy) is 1. The summed E-state index contributed by atoms with van der Waals surface area (Å²) in [6.45, 7) is -0.0739. The molecule has 1 aromatic carbocycles. The van der Waals surface area contributed by atoms with Crippen molar-refractivity contribution in [3.8, 4) is 5.75 Å². The van der Waals surface area contributed by atoms with Crippen molar-refractivity contribution in [2.24, 2.45) is 5.73 Å². The van der Waals surface area contributed by atoms with Crippen LogP contribution in [0.1, 0.15) is 18.4 Å². The van der Waals surface area contributed by atoms with Crippen LogP contribution >= 0.6 is 23.8 Å². The van der Waals surface area contributed by atoms with Crippen molar-refractivity contribution in [1.29, 1.82) is 0 Å². The van der Waals surface area contributed by atoms with Crippen LogP contribution in [0.4, 0.5) is 13.2 Å². The standard InChI is InChI=1S/C11H11ClF3NOS/c12-7-3-1-4-8(9(7)10(16)18)17-6-2-5-11(13,14)15/h1,3-4H,2,5-6H2,(H2,16,18). The van der Waals surface area contributed by atoms with Crippen molar-refractivity contribution in [2.45, 2.75) is 19.0 Å². The van der Waals surface area contributed by atoms with Crippen molar-refractivity contribution in [3.05, 3.63) is 28.8 Å². The summed E-state index contributed by atoms with van der Waals surface area (Å²) >= 11 is 10.7. The molecule has 0 aliphatic heterocycles. The molecular formula is C11H11ClF3NOS. The Hall–Kier alpha value is -1.01. The molecule has 0 bridgehead atoms. The van der Waals surface area contributed by atoms with E-state index >= 15 is 0 Å². The van der Waals surface area contributed by atoms with Gasteiger partial charge in [-0.15, -0.1) is 0 Å². The molecule has 1 aromatic rings. The summed E-state index contributed by atoms with van der Waals surface area (Å²) in [5.41, 5.74) is 5.82. The Morgan fingerprint density at radius 2 is 2.06 bits per heavy atom. The molecule has 2 N–H and O–H groups in total. The zero-order valence-electron chi connectivity index (χ0n) is 9.26. The Balaban J connectivity index is 2.63. The van der Waals surface area contributed by atoms with Crippen LogP contribution in [-0.2, 0) is 0 Å². The van der Waals surface area contributed by atoms with Crippen molar-refractivity contribution in [3.63, 3.8) is 0 Å². The summed E-state index contributed by atoms with van der Waals surface area (Å²) < 4.78 is 41.0. The highest BCUT2D eigenvalue weighted by atomic mass is 35.5. The van der Waals surface area contributed by atoms with E-state index in [0.717, 1.165) is 0 Å². The highest BCUT2D eigenvalue weighted by molar-refractivity contribution is 7.80. The average molecular weight is 298 g/mol. The third kappa shape index (κ3) is 4.70. The maximum Gasteiger partial charge on any atom is 0.389 e. The van der Waals surface area contributed by atoms with Gasteiger partial charge in [0, 0.05) is 6.42 Å². The summed E-state index contributed by atoms with van der Waals surface area (Å²) in [6.07, 6.45) is -5.20. The molecule has 0 atom stereocenters. The Kier molecular flexibility index (Phi) is 5.22. The molecule has 0 saturated heterocycles. The van der Waals surface area contributed by atoms with Crippen LogP contribution in [0.2, 0.25) is 5.02 Å². The number of nitrogens with two attached hydrogens (primary N) is 1. The fourth-order valence-electron chi connectivity index (χ4n) is 1.32. The Morgan fingerprint density at radius 3 is 2.61 bits per heavy atom. The maximum atomic E-state index is 11.9. The Bertz CT molecular complexity index is 437. The van der Waals surface area contributed by atoms with Crippen LogP contribution in [0, 0.1) is 0 Å². The summed E-state index contributed by atoms with van der Waals surface area (Å²) in [7, 11) is 0. The molecule has 0 spiro atoms. The van der Waals surface area contributed by atoms with E-state index in [-0.39, 0.29) is 18.0 Å². The zero-order valence-corrected chi connectivity index (χ0v) is 10.8. The number of benzene rings is 1. The van der Waals surface area contributed by atoms with Crippen LogP contribution in [-0.4, -0.2) is 17.8 Å². The predicted molar refractivity (Wildman–Crippen MR) is 68.1 cm³/mol. The minimum absolute atomic E-state index is 0.0476. The number of hydrogen-bond donors (Lipinski definition) is 1. The second-order valence-corrected chi connectivity index (χ2v) is 4.39. The molecule has 0 heterocycles. The third-order valence-corrected chi connectivity index (χ3v) is 2.60. The van der Waals surface area contributed by atoms with E-state index < -0.39 is 12.6 Å². The molecule has 0 radical (unpaired) electrons. The molecule has 2 nitrogen and oxygen atoms in total. The lowest BCUT2D eigenvalue weighted by Crippen LogP contribution is -2.14. The first kappa shape index (κ1) is 15.0. The number of alkyl halides is 3. The normalized spacial score (nSPS) is 11.3. The number of rotatable bonds is 5. The smallest absolute Gasteiger partial charge is 0.389 e. The Labute approximate surface area is 113 Å². The van der Waals surface area contributed by atoms with Gasteiger partial charge >= 0.3 is 6.18 Å². The molecule has 7 heteroatoms. The fraction of sp³-hybridized carbons (Fsp3) is 0.364. The SMILES string of the molecule is NC(=S)c1c(Cl)cccc1OCCCC(F)(F)F. The quantitative estimate of drug-likeness (QED) is 0.665. The number of halogens is 4. The van der Waals surface area contributed by atoms with Crippen molar-refractivity contribution >= 4 is 28.8 Å². The Morgan fingerprint density at radius 1 is 1.39 bits per heavy atom. The molecule has 0 aliphatic rings. The highest BCUT2D eigenvalue weighted by Gasteiger charge is 2.26. The fourth-order valence-corrected chi connectivity index (χ4v) is 1.85. The van der Waals surface area contributed by atoms with Gasteiger partial charge < -0.3 is 10.5 Å². The monoisotopic (exact) mass is 297 g/mol. The van der Waals surface area contributed by atoms with E-state index in [1.165, 1.54) is 0 Å². The lowest BCUT2D eigenvalue weighted by molar-refractivity contribution is -0.136. The van der Waals surface area contributed by atoms with Gasteiger partial charge in [-0.1, -0.05) is 29.9 Å². The second kappa shape index (κ2) is 6.24. The molecule has 0 amide bonds. The first-order valence-electron chi connectivity index (χ1n) is 5.09. The van der Waals surface area contributed by atoms with E-state index in [4.69, 9.17) is 34.3 Å². The predicted octanol–water partition coefficient (Wildman–Crippen LogP) is 3.70. The van der Waals surface area contributed by atoms with Gasteiger partial charge in [0.15, 0.2) is 0 Å². The lowest BCUT2D eigenvalue weighted by Gasteiger charge is -2.12. The van der Waals surface area contributed by atoms with Crippen LogP contribution < -0.4 is 10.5 Å². The summed E-state index contributed by atoms with van der Waals surface area (Å²) in [6, 6.07) is 4.76. The first-order chi connectivity index (χ1) is 8.31. The van der Waals surface area contributed by atoms with Crippen LogP contribution in [0.25, 0.3) is 0 Å². The van der Waals surface area contributed by atoms with Gasteiger partial charge in [-0.05, 0) is 18.6 Å². The topological polar surface area (TPSA) is 35.2 Å². The van der Waals surface area contributed by atoms with E-state index in [0.29, 0.717) is 16.3 Å². The molecule has 0 aromatic heterocycles. The van der Waals surface area contributed by atoms with Crippen molar-refractivity contribution in [2.75, 3.05) is 6.61 Å². The minimum atomic E-state index is -4.18. The largest absolute Gasteiger partial charge is 0.493 e. The number of hydrogen-bond acceptors (Lipinski definition) is 2. The van der Waals surface area contributed by atoms with Crippen molar-refractivity contribution < 1.29 is 17.9 Å². The van der Waals surface area contributed by atoms with E-state index in [1.54, 1.807) is 18.2 Å². The summed E-state index contributed by atoms with van der Waals surface area (Å²) in [5, 5.41) is 0.316. The van der Waals surface area contributed by atoms with Gasteiger partial charge in [0.25, 0.3) is 0 Å². The molecule has 100 valence electrons. The molecule has 0 saturated carbocycles.